The van der Waals surface area contributed by atoms with Crippen LogP contribution in [0.2, 0.25) is 0 Å². The quantitative estimate of drug-likeness (QED) is 0.0252. The highest BCUT2D eigenvalue weighted by Crippen LogP contribution is 2.47. The Morgan fingerprint density at radius 2 is 0.549 bits per heavy atom. The van der Waals surface area contributed by atoms with Gasteiger partial charge in [0, 0.05) is 44.3 Å². The summed E-state index contributed by atoms with van der Waals surface area (Å²) in [6.45, 7) is -9.15. The number of H-pyrrole nitrogens is 2. The molecule has 0 aliphatic carbocycles. The molecule has 9 rings (SSSR count). The average molecular weight is 1310 g/mol. The fourth-order valence-corrected chi connectivity index (χ4v) is 9.84. The third kappa shape index (κ3) is 12.6. The molecule has 2 aliphatic rings. The number of aliphatic hydroxyl groups is 8. The SMILES string of the molecule is OCC(O)COc1c(F)c(F)c(-c2c3nc(c(-c4c(F)c(F)c(OCC(O)CO)c(F)c4F)c4ccc([nH]4)c(-c4c(F)c(F)c(OCC(O)CO)c(F)c4F)c4nc(c(-c5c(F)c(F)c(OCC(O)CO)c(F)c5F)c5ccc2[nH]5)CCCCC4)C=C3)c(F)c1F. The molecule has 3 aromatic heterocycles. The lowest BCUT2D eigenvalue weighted by molar-refractivity contribution is 0.0504. The fraction of sp³-hybridized carbons (Fsp3) is 0.288. The van der Waals surface area contributed by atoms with Gasteiger partial charge in [0.05, 0.1) is 71.5 Å². The Kier molecular flexibility index (Phi) is 20.2. The number of hydrogen-bond donors (Lipinski definition) is 10. The minimum Gasteiger partial charge on any atom is -0.485 e. The van der Waals surface area contributed by atoms with Crippen LogP contribution in [0.3, 0.4) is 0 Å². The summed E-state index contributed by atoms with van der Waals surface area (Å²) in [6.07, 6.45) is -7.84. The van der Waals surface area contributed by atoms with Crippen LogP contribution in [0.4, 0.5) is 70.2 Å². The van der Waals surface area contributed by atoms with Gasteiger partial charge < -0.3 is 69.8 Å². The molecule has 10 N–H and O–H groups in total. The number of rotatable bonds is 20. The molecule has 0 radical (unpaired) electrons. The van der Waals surface area contributed by atoms with Crippen LogP contribution in [0, 0.1) is 93.1 Å². The molecule has 5 heterocycles. The minimum atomic E-state index is -2.38. The lowest BCUT2D eigenvalue weighted by Crippen LogP contribution is -2.22. The summed E-state index contributed by atoms with van der Waals surface area (Å²) in [6, 6.07) is 2.95. The van der Waals surface area contributed by atoms with Crippen molar-refractivity contribution < 1.29 is 130 Å². The van der Waals surface area contributed by atoms with Crippen LogP contribution in [-0.2, 0) is 12.8 Å². The zero-order chi connectivity index (χ0) is 66.2. The van der Waals surface area contributed by atoms with Crippen LogP contribution in [0.1, 0.15) is 42.0 Å². The second kappa shape index (κ2) is 27.5. The molecule has 0 fully saturated rings. The summed E-state index contributed by atoms with van der Waals surface area (Å²) in [5, 5.41) is 76.5. The number of benzene rings is 4. The molecule has 32 heteroatoms. The number of fused-ring (bicyclic) bond motifs is 8. The normalized spacial score (nSPS) is 14.1. The van der Waals surface area contributed by atoms with Crippen molar-refractivity contribution in [2.45, 2.75) is 56.5 Å². The van der Waals surface area contributed by atoms with Crippen molar-refractivity contribution in [2.24, 2.45) is 0 Å². The van der Waals surface area contributed by atoms with Crippen molar-refractivity contribution in [3.05, 3.63) is 140 Å². The summed E-state index contributed by atoms with van der Waals surface area (Å²) in [5.74, 6) is -45.1. The molecule has 8 bridgehead atoms. The van der Waals surface area contributed by atoms with Gasteiger partial charge >= 0.3 is 0 Å². The van der Waals surface area contributed by atoms with Gasteiger partial charge in [0.25, 0.3) is 0 Å². The monoisotopic (exact) mass is 1310 g/mol. The number of aromatic amines is 2. The van der Waals surface area contributed by atoms with Crippen molar-refractivity contribution in [1.82, 2.24) is 19.9 Å². The van der Waals surface area contributed by atoms with E-state index in [-0.39, 0.29) is 19.3 Å². The number of aromatic nitrogens is 4. The predicted octanol–water partition coefficient (Wildman–Crippen LogP) is 9.26. The maximum absolute atomic E-state index is 17.1. The smallest absolute Gasteiger partial charge is 0.204 e. The highest BCUT2D eigenvalue weighted by atomic mass is 19.2. The maximum atomic E-state index is 17.1. The molecule has 4 aromatic carbocycles. The van der Waals surface area contributed by atoms with Gasteiger partial charge in [-0.05, 0) is 62.1 Å². The number of nitrogens with one attached hydrogen (secondary N) is 2. The Morgan fingerprint density at radius 3 is 0.791 bits per heavy atom. The zero-order valence-electron chi connectivity index (χ0n) is 46.1. The Bertz CT molecular complexity index is 3830. The first-order valence-electron chi connectivity index (χ1n) is 26.9. The summed E-state index contributed by atoms with van der Waals surface area (Å²) < 4.78 is 286. The van der Waals surface area contributed by atoms with Crippen LogP contribution in [0.25, 0.3) is 78.7 Å². The van der Waals surface area contributed by atoms with Gasteiger partial charge in [-0.3, -0.25) is 4.98 Å². The maximum Gasteiger partial charge on any atom is 0.204 e. The number of hydrogen-bond acceptors (Lipinski definition) is 14. The van der Waals surface area contributed by atoms with Crippen molar-refractivity contribution in [2.75, 3.05) is 52.9 Å². The number of aliphatic hydroxyl groups excluding tert-OH is 8. The van der Waals surface area contributed by atoms with Gasteiger partial charge in [0.15, 0.2) is 69.5 Å². The molecule has 0 saturated heterocycles. The van der Waals surface area contributed by atoms with Gasteiger partial charge in [-0.15, -0.1) is 0 Å². The Labute approximate surface area is 500 Å². The van der Waals surface area contributed by atoms with Crippen LogP contribution in [0.15, 0.2) is 24.3 Å². The topological polar surface area (TPSA) is 256 Å². The van der Waals surface area contributed by atoms with E-state index in [1.807, 2.05) is 0 Å². The zero-order valence-corrected chi connectivity index (χ0v) is 46.1. The largest absolute Gasteiger partial charge is 0.485 e. The van der Waals surface area contributed by atoms with Crippen molar-refractivity contribution in [3.8, 4) is 67.5 Å². The molecule has 16 nitrogen and oxygen atoms in total. The first kappa shape index (κ1) is 66.9. The number of nitrogens with zero attached hydrogens (tertiary/aromatic N) is 2. The number of halogens is 16. The summed E-state index contributed by atoms with van der Waals surface area (Å²) in [4.78, 5) is 13.6. The van der Waals surface area contributed by atoms with E-state index in [2.05, 4.69) is 19.9 Å². The van der Waals surface area contributed by atoms with E-state index >= 15 is 70.2 Å². The standard InChI is InChI=1S/C59H46F16N4O12/c60-40-36(41(61)49(69)56(48(40)68)88-16-20(84)12-80)32-24-4-2-1-3-5-25(76-24)33(37-42(62)50(70)57(51(71)43(37)63)89-17-21(85)13-81)27-7-9-29(78-27)35(39-46(66)54(74)59(55(75)47(39)67)91-19-23(87)15-83)31-11-10-30(79-31)34(28-8-6-26(32)77-28)38-44(64)52(72)58(53(73)45(38)65)90-18-22(86)14-82/h6-11,20-23,77-78,80-87H,1-5,12-19H2. The lowest BCUT2D eigenvalue weighted by atomic mass is 9.94. The lowest BCUT2D eigenvalue weighted by Gasteiger charge is -2.19. The number of ether oxygens (including phenoxy) is 4. The summed E-state index contributed by atoms with van der Waals surface area (Å²) in [7, 11) is 0. The highest BCUT2D eigenvalue weighted by molar-refractivity contribution is 5.98. The molecule has 4 atom stereocenters. The van der Waals surface area contributed by atoms with Crippen LogP contribution in [0.5, 0.6) is 23.0 Å². The molecule has 0 saturated carbocycles. The third-order valence-corrected chi connectivity index (χ3v) is 14.2. The van der Waals surface area contributed by atoms with Crippen LogP contribution < -0.4 is 18.9 Å². The fourth-order valence-electron chi connectivity index (χ4n) is 9.84. The first-order chi connectivity index (χ1) is 43.3. The van der Waals surface area contributed by atoms with Crippen molar-refractivity contribution >= 4 is 34.2 Å². The van der Waals surface area contributed by atoms with E-state index in [9.17, 15) is 40.9 Å². The Morgan fingerprint density at radius 1 is 0.319 bits per heavy atom. The molecule has 0 amide bonds. The molecule has 486 valence electrons. The van der Waals surface area contributed by atoms with Crippen molar-refractivity contribution in [1.29, 1.82) is 0 Å². The summed E-state index contributed by atoms with van der Waals surface area (Å²) in [5.41, 5.74) is -18.8. The van der Waals surface area contributed by atoms with Gasteiger partial charge in [-0.2, -0.15) is 35.1 Å². The molecular weight excluding hydrogens is 1260 g/mol. The molecule has 7 aromatic rings. The van der Waals surface area contributed by atoms with E-state index in [0.717, 1.165) is 24.3 Å². The molecular formula is C59H46F16N4O12. The van der Waals surface area contributed by atoms with E-state index in [0.29, 0.717) is 12.2 Å². The van der Waals surface area contributed by atoms with E-state index in [1.165, 1.54) is 0 Å². The van der Waals surface area contributed by atoms with E-state index < -0.39 is 296 Å². The van der Waals surface area contributed by atoms with E-state index in [1.54, 1.807) is 0 Å². The molecule has 91 heavy (non-hydrogen) atoms. The number of aryl methyl sites for hydroxylation is 2. The average Bonchev–Trinajstić information content (AvgIpc) is 1.73. The van der Waals surface area contributed by atoms with Crippen LogP contribution >= 0.6 is 0 Å². The molecule has 0 spiro atoms. The van der Waals surface area contributed by atoms with E-state index in [4.69, 9.17) is 18.9 Å². The second-order valence-corrected chi connectivity index (χ2v) is 20.3. The van der Waals surface area contributed by atoms with Gasteiger partial charge in [0.1, 0.15) is 50.8 Å². The van der Waals surface area contributed by atoms with Crippen molar-refractivity contribution in [3.63, 3.8) is 0 Å². The van der Waals surface area contributed by atoms with Gasteiger partial charge in [-0.25, -0.2) is 40.1 Å². The molecule has 2 aliphatic heterocycles. The molecule has 4 unspecified atom stereocenters. The first-order valence-corrected chi connectivity index (χ1v) is 26.9. The Balaban J connectivity index is 1.55. The highest BCUT2D eigenvalue weighted by Gasteiger charge is 2.37. The van der Waals surface area contributed by atoms with Gasteiger partial charge in [0.2, 0.25) is 46.5 Å². The third-order valence-electron chi connectivity index (χ3n) is 14.2. The summed E-state index contributed by atoms with van der Waals surface area (Å²) >= 11 is 0. The van der Waals surface area contributed by atoms with Gasteiger partial charge in [-0.1, -0.05) is 6.42 Å². The second-order valence-electron chi connectivity index (χ2n) is 20.3. The van der Waals surface area contributed by atoms with Crippen LogP contribution in [-0.4, -0.2) is 138 Å². The Hall–Kier alpha value is -8.50. The minimum absolute atomic E-state index is 0.0430. The predicted molar refractivity (Wildman–Crippen MR) is 287 cm³/mol.